The molecular weight excluding hydrogens is 374 g/mol. The summed E-state index contributed by atoms with van der Waals surface area (Å²) in [5.41, 5.74) is 11.0. The van der Waals surface area contributed by atoms with Crippen LogP contribution < -0.4 is 5.73 Å². The number of hydrogen-bond donors (Lipinski definition) is 3. The Labute approximate surface area is 167 Å². The van der Waals surface area contributed by atoms with Crippen LogP contribution in [0.1, 0.15) is 53.6 Å². The summed E-state index contributed by atoms with van der Waals surface area (Å²) in [4.78, 5) is 2.10. The number of likely N-dealkylation sites (tertiary alicyclic amines) is 1. The fourth-order valence-corrected chi connectivity index (χ4v) is 3.57. The van der Waals surface area contributed by atoms with E-state index in [9.17, 15) is 8.42 Å². The molecule has 6 nitrogen and oxygen atoms in total. The molecule has 1 saturated heterocycles. The minimum absolute atomic E-state index is 0.167. The van der Waals surface area contributed by atoms with Crippen LogP contribution >= 0.6 is 0 Å². The van der Waals surface area contributed by atoms with E-state index in [1.54, 1.807) is 0 Å². The van der Waals surface area contributed by atoms with E-state index in [4.69, 9.17) is 15.7 Å². The van der Waals surface area contributed by atoms with Gasteiger partial charge < -0.3 is 10.6 Å². The number of nitrogens with one attached hydrogen (secondary N) is 1. The molecule has 0 radical (unpaired) electrons. The highest BCUT2D eigenvalue weighted by atomic mass is 32.2. The van der Waals surface area contributed by atoms with Gasteiger partial charge >= 0.3 is 0 Å². The summed E-state index contributed by atoms with van der Waals surface area (Å²) in [5, 5.41) is 8.14. The molecule has 152 valence electrons. The predicted molar refractivity (Wildman–Crippen MR) is 113 cm³/mol. The first-order valence-corrected chi connectivity index (χ1v) is 11.1. The molecule has 0 spiro atoms. The normalized spacial score (nSPS) is 19.5. The lowest BCUT2D eigenvalue weighted by Crippen LogP contribution is -2.44. The van der Waals surface area contributed by atoms with Crippen molar-refractivity contribution in [2.45, 2.75) is 45.2 Å². The van der Waals surface area contributed by atoms with Gasteiger partial charge in [0.25, 0.3) is 10.1 Å². The molecule has 0 aromatic heterocycles. The Morgan fingerprint density at radius 2 is 1.29 bits per heavy atom. The molecule has 1 fully saturated rings. The fraction of sp³-hybridized carbons (Fsp3) is 0.381. The molecule has 1 aliphatic rings. The molecule has 4 N–H and O–H groups in total. The first kappa shape index (κ1) is 21.9. The maximum Gasteiger partial charge on any atom is 0.261 e. The minimum Gasteiger partial charge on any atom is -0.370 e. The molecule has 0 amide bonds. The third-order valence-electron chi connectivity index (χ3n) is 4.83. The van der Waals surface area contributed by atoms with E-state index in [1.165, 1.54) is 22.3 Å². The zero-order chi connectivity index (χ0) is 20.9. The van der Waals surface area contributed by atoms with Crippen LogP contribution in [0.3, 0.4) is 0 Å². The average Bonchev–Trinajstić information content (AvgIpc) is 2.61. The molecule has 2 aromatic rings. The first-order chi connectivity index (χ1) is 13.1. The van der Waals surface area contributed by atoms with E-state index in [2.05, 4.69) is 67.3 Å². The van der Waals surface area contributed by atoms with Gasteiger partial charge in [-0.05, 0) is 44.2 Å². The SMILES string of the molecule is CS(=O)(=O)O.Cc1ccc([C@H]2CCC[C@@H](c3ccc(C)cc3)N2C(=N)N)cc1. The Kier molecular flexibility index (Phi) is 7.21. The van der Waals surface area contributed by atoms with Crippen molar-refractivity contribution < 1.29 is 13.0 Å². The van der Waals surface area contributed by atoms with Crippen LogP contribution in [0.5, 0.6) is 0 Å². The molecule has 2 atom stereocenters. The lowest BCUT2D eigenvalue weighted by Gasteiger charge is -2.43. The number of nitrogens with two attached hydrogens (primary N) is 1. The lowest BCUT2D eigenvalue weighted by atomic mass is 9.87. The quantitative estimate of drug-likeness (QED) is 0.399. The predicted octanol–water partition coefficient (Wildman–Crippen LogP) is 3.97. The van der Waals surface area contributed by atoms with Gasteiger partial charge in [0.2, 0.25) is 0 Å². The van der Waals surface area contributed by atoms with Crippen molar-refractivity contribution in [2.75, 3.05) is 6.26 Å². The summed E-state index contributed by atoms with van der Waals surface area (Å²) in [5.74, 6) is 0.167. The summed E-state index contributed by atoms with van der Waals surface area (Å²) in [6, 6.07) is 17.6. The molecule has 28 heavy (non-hydrogen) atoms. The highest BCUT2D eigenvalue weighted by molar-refractivity contribution is 7.85. The Morgan fingerprint density at radius 3 is 1.57 bits per heavy atom. The zero-order valence-corrected chi connectivity index (χ0v) is 17.4. The van der Waals surface area contributed by atoms with Crippen LogP contribution in [0.2, 0.25) is 0 Å². The van der Waals surface area contributed by atoms with Gasteiger partial charge in [-0.25, -0.2) is 0 Å². The monoisotopic (exact) mass is 403 g/mol. The standard InChI is InChI=1S/C20H25N3.CH4O3S/c1-14-6-10-16(11-7-14)18-4-3-5-19(23(18)20(21)22)17-12-8-15(2)9-13-17;1-5(2,3)4/h6-13,18-19H,3-5H2,1-2H3,(H3,21,22);1H3,(H,2,3,4)/t18-,19+;. The molecule has 0 saturated carbocycles. The van der Waals surface area contributed by atoms with E-state index in [0.717, 1.165) is 19.3 Å². The Bertz CT molecular complexity index is 832. The van der Waals surface area contributed by atoms with Crippen molar-refractivity contribution in [1.29, 1.82) is 5.41 Å². The van der Waals surface area contributed by atoms with Crippen LogP contribution in [0.4, 0.5) is 0 Å². The number of benzene rings is 2. The minimum atomic E-state index is -3.67. The number of aryl methyl sites for hydroxylation is 2. The molecular formula is C21H29N3O3S. The Balaban J connectivity index is 0.000000500. The molecule has 0 unspecified atom stereocenters. The fourth-order valence-electron chi connectivity index (χ4n) is 3.57. The van der Waals surface area contributed by atoms with Crippen LogP contribution in [-0.2, 0) is 10.1 Å². The van der Waals surface area contributed by atoms with Crippen LogP contribution in [0.15, 0.2) is 48.5 Å². The lowest BCUT2D eigenvalue weighted by molar-refractivity contribution is 0.165. The summed E-state index contributed by atoms with van der Waals surface area (Å²) in [7, 11) is -3.67. The van der Waals surface area contributed by atoms with Gasteiger partial charge in [0.05, 0.1) is 18.3 Å². The van der Waals surface area contributed by atoms with E-state index >= 15 is 0 Å². The summed E-state index contributed by atoms with van der Waals surface area (Å²) in [6.07, 6.45) is 3.96. The molecule has 2 aromatic carbocycles. The van der Waals surface area contributed by atoms with Gasteiger partial charge in [0.15, 0.2) is 5.96 Å². The maximum absolute atomic E-state index is 9.19. The second-order valence-corrected chi connectivity index (χ2v) is 8.78. The van der Waals surface area contributed by atoms with E-state index in [-0.39, 0.29) is 18.0 Å². The highest BCUT2D eigenvalue weighted by Crippen LogP contribution is 2.41. The third kappa shape index (κ3) is 6.35. The third-order valence-corrected chi connectivity index (χ3v) is 4.83. The van der Waals surface area contributed by atoms with Gasteiger partial charge in [-0.15, -0.1) is 0 Å². The number of nitrogens with zero attached hydrogens (tertiary/aromatic N) is 1. The van der Waals surface area contributed by atoms with Gasteiger partial charge in [-0.3, -0.25) is 9.96 Å². The van der Waals surface area contributed by atoms with Crippen LogP contribution in [0, 0.1) is 19.3 Å². The van der Waals surface area contributed by atoms with Gasteiger partial charge in [-0.2, -0.15) is 8.42 Å². The molecule has 0 aliphatic carbocycles. The van der Waals surface area contributed by atoms with Crippen LogP contribution in [-0.4, -0.2) is 30.1 Å². The topological polar surface area (TPSA) is 107 Å². The van der Waals surface area contributed by atoms with Gasteiger partial charge in [0.1, 0.15) is 0 Å². The molecule has 1 heterocycles. The van der Waals surface area contributed by atoms with Crippen molar-refractivity contribution in [3.63, 3.8) is 0 Å². The second kappa shape index (κ2) is 9.21. The van der Waals surface area contributed by atoms with E-state index < -0.39 is 10.1 Å². The number of hydrogen-bond acceptors (Lipinski definition) is 3. The Morgan fingerprint density at radius 1 is 0.964 bits per heavy atom. The molecule has 7 heteroatoms. The Hall–Kier alpha value is -2.38. The molecule has 3 rings (SSSR count). The van der Waals surface area contributed by atoms with Crippen molar-refractivity contribution in [3.05, 3.63) is 70.8 Å². The number of rotatable bonds is 2. The van der Waals surface area contributed by atoms with Crippen molar-refractivity contribution in [3.8, 4) is 0 Å². The van der Waals surface area contributed by atoms with Gasteiger partial charge in [0, 0.05) is 0 Å². The zero-order valence-electron chi connectivity index (χ0n) is 16.6. The van der Waals surface area contributed by atoms with E-state index in [1.807, 2.05) is 0 Å². The summed E-state index contributed by atoms with van der Waals surface area (Å²) in [6.45, 7) is 4.20. The molecule has 0 bridgehead atoms. The first-order valence-electron chi connectivity index (χ1n) is 9.24. The number of piperidine rings is 1. The summed E-state index contributed by atoms with van der Waals surface area (Å²) < 4.78 is 25.9. The smallest absolute Gasteiger partial charge is 0.261 e. The maximum atomic E-state index is 9.19. The van der Waals surface area contributed by atoms with Crippen molar-refractivity contribution >= 4 is 16.1 Å². The largest absolute Gasteiger partial charge is 0.370 e. The summed E-state index contributed by atoms with van der Waals surface area (Å²) >= 11 is 0. The van der Waals surface area contributed by atoms with E-state index in [0.29, 0.717) is 6.26 Å². The van der Waals surface area contributed by atoms with Gasteiger partial charge in [-0.1, -0.05) is 59.7 Å². The van der Waals surface area contributed by atoms with Crippen molar-refractivity contribution in [2.24, 2.45) is 5.73 Å². The average molecular weight is 404 g/mol. The molecule has 1 aliphatic heterocycles. The van der Waals surface area contributed by atoms with Crippen molar-refractivity contribution in [1.82, 2.24) is 4.90 Å². The number of guanidine groups is 1. The van der Waals surface area contributed by atoms with Crippen LogP contribution in [0.25, 0.3) is 0 Å². The second-order valence-electron chi connectivity index (χ2n) is 7.31. The highest BCUT2D eigenvalue weighted by Gasteiger charge is 2.33.